The number of nitrogens with one attached hydrogen (secondary N) is 1. The highest BCUT2D eigenvalue weighted by atomic mass is 35.5. The molecule has 0 saturated heterocycles. The molecule has 2 aromatic carbocycles. The van der Waals surface area contributed by atoms with Gasteiger partial charge in [-0.15, -0.1) is 0 Å². The zero-order valence-corrected chi connectivity index (χ0v) is 12.8. The third kappa shape index (κ3) is 4.38. The quantitative estimate of drug-likeness (QED) is 0.489. The number of benzene rings is 2. The van der Waals surface area contributed by atoms with Gasteiger partial charge in [-0.25, -0.2) is 0 Å². The Bertz CT molecular complexity index is 790. The maximum absolute atomic E-state index is 11.0. The Morgan fingerprint density at radius 3 is 2.22 bits per heavy atom. The number of anilines is 1. The van der Waals surface area contributed by atoms with Gasteiger partial charge >= 0.3 is 5.69 Å². The van der Waals surface area contributed by atoms with Crippen LogP contribution in [-0.4, -0.2) is 16.1 Å². The molecule has 2 aromatic rings. The topological polar surface area (TPSA) is 111 Å². The fraction of sp³-hybridized carbons (Fsp3) is 0. The molecule has 0 atom stereocenters. The van der Waals surface area contributed by atoms with Gasteiger partial charge in [0.15, 0.2) is 0 Å². The van der Waals surface area contributed by atoms with Crippen molar-refractivity contribution >= 4 is 46.5 Å². The molecule has 0 fully saturated rings. The van der Waals surface area contributed by atoms with Crippen molar-refractivity contribution in [1.29, 1.82) is 0 Å². The maximum Gasteiger partial charge on any atom is 0.301 e. The van der Waals surface area contributed by atoms with E-state index in [9.17, 15) is 20.2 Å². The summed E-state index contributed by atoms with van der Waals surface area (Å²) in [5.41, 5.74) is 2.23. The Morgan fingerprint density at radius 1 is 1.00 bits per heavy atom. The zero-order chi connectivity index (χ0) is 17.0. The van der Waals surface area contributed by atoms with E-state index in [1.54, 1.807) is 18.2 Å². The molecule has 0 heterocycles. The summed E-state index contributed by atoms with van der Waals surface area (Å²) >= 11 is 11.7. The van der Waals surface area contributed by atoms with E-state index in [0.717, 1.165) is 12.1 Å². The first kappa shape index (κ1) is 16.7. The van der Waals surface area contributed by atoms with Crippen molar-refractivity contribution in [3.8, 4) is 0 Å². The van der Waals surface area contributed by atoms with E-state index in [0.29, 0.717) is 15.6 Å². The minimum Gasteiger partial charge on any atom is -0.272 e. The van der Waals surface area contributed by atoms with Crippen LogP contribution in [-0.2, 0) is 0 Å². The highest BCUT2D eigenvalue weighted by Crippen LogP contribution is 2.28. The van der Waals surface area contributed by atoms with E-state index in [2.05, 4.69) is 10.5 Å². The second-order valence-electron chi connectivity index (χ2n) is 4.29. The summed E-state index contributed by atoms with van der Waals surface area (Å²) in [5, 5.41) is 26.3. The van der Waals surface area contributed by atoms with Gasteiger partial charge in [0, 0.05) is 16.1 Å². The number of nitro groups is 2. The van der Waals surface area contributed by atoms with Crippen LogP contribution < -0.4 is 5.43 Å². The van der Waals surface area contributed by atoms with Gasteiger partial charge in [-0.05, 0) is 29.8 Å². The van der Waals surface area contributed by atoms with Crippen molar-refractivity contribution in [3.05, 3.63) is 72.2 Å². The van der Waals surface area contributed by atoms with Crippen LogP contribution >= 0.6 is 23.2 Å². The van der Waals surface area contributed by atoms with Crippen molar-refractivity contribution in [2.24, 2.45) is 5.10 Å². The van der Waals surface area contributed by atoms with Crippen molar-refractivity contribution < 1.29 is 9.85 Å². The molecule has 23 heavy (non-hydrogen) atoms. The summed E-state index contributed by atoms with van der Waals surface area (Å²) in [4.78, 5) is 20.2. The predicted octanol–water partition coefficient (Wildman–Crippen LogP) is 4.26. The Labute approximate surface area is 139 Å². The number of hydrazone groups is 1. The molecule has 0 saturated carbocycles. The highest BCUT2D eigenvalue weighted by molar-refractivity contribution is 6.35. The van der Waals surface area contributed by atoms with Crippen LogP contribution in [0, 0.1) is 20.2 Å². The van der Waals surface area contributed by atoms with Crippen LogP contribution in [0.25, 0.3) is 0 Å². The first-order chi connectivity index (χ1) is 10.9. The molecule has 0 unspecified atom stereocenters. The summed E-state index contributed by atoms with van der Waals surface area (Å²) in [6, 6.07) is 7.95. The van der Waals surface area contributed by atoms with Crippen molar-refractivity contribution in [3.63, 3.8) is 0 Å². The summed E-state index contributed by atoms with van der Waals surface area (Å²) in [6.07, 6.45) is 1.36. The van der Waals surface area contributed by atoms with E-state index in [1.807, 2.05) is 0 Å². The minimum absolute atomic E-state index is 0.0185. The average Bonchev–Trinajstić information content (AvgIpc) is 2.46. The summed E-state index contributed by atoms with van der Waals surface area (Å²) < 4.78 is 0. The van der Waals surface area contributed by atoms with Gasteiger partial charge in [-0.3, -0.25) is 25.7 Å². The molecule has 0 aliphatic heterocycles. The van der Waals surface area contributed by atoms with Crippen LogP contribution in [0.5, 0.6) is 0 Å². The van der Waals surface area contributed by atoms with E-state index in [4.69, 9.17) is 23.2 Å². The first-order valence-electron chi connectivity index (χ1n) is 6.05. The minimum atomic E-state index is -0.735. The molecular formula is C13H8Cl2N4O4. The standard InChI is InChI=1S/C13H8Cl2N4O4/c14-9-3-8(4-10(15)5-9)7-16-17-12-2-1-11(18(20)21)6-13(12)19(22)23/h1-7,17H. The van der Waals surface area contributed by atoms with Crippen LogP contribution in [0.2, 0.25) is 10.0 Å². The number of nitro benzene ring substituents is 2. The molecule has 0 aliphatic rings. The summed E-state index contributed by atoms with van der Waals surface area (Å²) in [7, 11) is 0. The Kier molecular flexibility index (Phi) is 5.09. The number of halogens is 2. The lowest BCUT2D eigenvalue weighted by Crippen LogP contribution is -1.98. The third-order valence-electron chi connectivity index (χ3n) is 2.67. The molecule has 10 heteroatoms. The normalized spacial score (nSPS) is 10.7. The average molecular weight is 355 g/mol. The molecule has 0 radical (unpaired) electrons. The van der Waals surface area contributed by atoms with Crippen molar-refractivity contribution in [1.82, 2.24) is 0 Å². The van der Waals surface area contributed by atoms with Gasteiger partial charge in [0.1, 0.15) is 5.69 Å². The lowest BCUT2D eigenvalue weighted by molar-refractivity contribution is -0.393. The Hall–Kier alpha value is -2.71. The van der Waals surface area contributed by atoms with Gasteiger partial charge in [-0.2, -0.15) is 5.10 Å². The number of hydrogen-bond acceptors (Lipinski definition) is 6. The molecule has 0 aromatic heterocycles. The van der Waals surface area contributed by atoms with Crippen LogP contribution in [0.3, 0.4) is 0 Å². The number of rotatable bonds is 5. The molecule has 8 nitrogen and oxygen atoms in total. The molecular weight excluding hydrogens is 347 g/mol. The molecule has 0 aliphatic carbocycles. The molecule has 0 amide bonds. The van der Waals surface area contributed by atoms with Gasteiger partial charge < -0.3 is 0 Å². The van der Waals surface area contributed by atoms with Gasteiger partial charge in [0.2, 0.25) is 0 Å². The van der Waals surface area contributed by atoms with Gasteiger partial charge in [0.05, 0.1) is 22.1 Å². The van der Waals surface area contributed by atoms with Crippen molar-refractivity contribution in [2.75, 3.05) is 5.43 Å². The number of nitrogens with zero attached hydrogens (tertiary/aromatic N) is 3. The highest BCUT2D eigenvalue weighted by Gasteiger charge is 2.18. The number of hydrogen-bond donors (Lipinski definition) is 1. The Balaban J connectivity index is 2.24. The van der Waals surface area contributed by atoms with Crippen LogP contribution in [0.15, 0.2) is 41.5 Å². The van der Waals surface area contributed by atoms with Crippen LogP contribution in [0.4, 0.5) is 17.1 Å². The third-order valence-corrected chi connectivity index (χ3v) is 3.11. The fourth-order valence-corrected chi connectivity index (χ4v) is 2.25. The molecule has 1 N–H and O–H groups in total. The summed E-state index contributed by atoms with van der Waals surface area (Å²) in [5.74, 6) is 0. The Morgan fingerprint density at radius 2 is 1.65 bits per heavy atom. The van der Waals surface area contributed by atoms with Gasteiger partial charge in [0.25, 0.3) is 5.69 Å². The zero-order valence-electron chi connectivity index (χ0n) is 11.3. The van der Waals surface area contributed by atoms with E-state index in [-0.39, 0.29) is 11.4 Å². The fourth-order valence-electron chi connectivity index (χ4n) is 1.71. The van der Waals surface area contributed by atoms with E-state index < -0.39 is 15.5 Å². The SMILES string of the molecule is O=[N+]([O-])c1ccc(NN=Cc2cc(Cl)cc(Cl)c2)c([N+](=O)[O-])c1. The monoisotopic (exact) mass is 354 g/mol. The lowest BCUT2D eigenvalue weighted by Gasteiger charge is -2.02. The van der Waals surface area contributed by atoms with E-state index >= 15 is 0 Å². The lowest BCUT2D eigenvalue weighted by atomic mass is 10.2. The first-order valence-corrected chi connectivity index (χ1v) is 6.80. The van der Waals surface area contributed by atoms with E-state index in [1.165, 1.54) is 12.3 Å². The second-order valence-corrected chi connectivity index (χ2v) is 5.16. The number of non-ortho nitro benzene ring substituents is 1. The second kappa shape index (κ2) is 7.03. The predicted molar refractivity (Wildman–Crippen MR) is 87.4 cm³/mol. The molecule has 2 rings (SSSR count). The van der Waals surface area contributed by atoms with Crippen LogP contribution in [0.1, 0.15) is 5.56 Å². The molecule has 0 spiro atoms. The smallest absolute Gasteiger partial charge is 0.272 e. The van der Waals surface area contributed by atoms with Crippen molar-refractivity contribution in [2.45, 2.75) is 0 Å². The largest absolute Gasteiger partial charge is 0.301 e. The maximum atomic E-state index is 11.0. The summed E-state index contributed by atoms with van der Waals surface area (Å²) in [6.45, 7) is 0. The molecule has 118 valence electrons. The van der Waals surface area contributed by atoms with Gasteiger partial charge in [-0.1, -0.05) is 23.2 Å². The molecule has 0 bridgehead atoms.